The molecule has 1 amide bonds. The van der Waals surface area contributed by atoms with Gasteiger partial charge in [-0.05, 0) is 30.3 Å². The molecule has 0 aliphatic rings. The van der Waals surface area contributed by atoms with Gasteiger partial charge in [-0.3, -0.25) is 9.48 Å². The third-order valence-electron chi connectivity index (χ3n) is 3.24. The van der Waals surface area contributed by atoms with Crippen LogP contribution in [-0.2, 0) is 12.7 Å². The Balaban J connectivity index is 1.75. The van der Waals surface area contributed by atoms with Gasteiger partial charge < -0.3 is 9.73 Å². The molecule has 0 aliphatic carbocycles. The fourth-order valence-electron chi connectivity index (χ4n) is 2.16. The molecule has 1 aromatic carbocycles. The summed E-state index contributed by atoms with van der Waals surface area (Å²) in [5, 5.41) is 6.23. The number of nitrogens with zero attached hydrogens (tertiary/aromatic N) is 2. The van der Waals surface area contributed by atoms with Crippen LogP contribution in [0.1, 0.15) is 21.9 Å². The van der Waals surface area contributed by atoms with Crippen molar-refractivity contribution in [1.29, 1.82) is 0 Å². The molecule has 5 nitrogen and oxygen atoms in total. The molecule has 3 rings (SSSR count). The van der Waals surface area contributed by atoms with E-state index in [1.807, 2.05) is 0 Å². The third kappa shape index (κ3) is 3.48. The lowest BCUT2D eigenvalue weighted by Crippen LogP contribution is -2.16. The minimum Gasteiger partial charge on any atom is -0.454 e. The molecule has 124 valence electrons. The van der Waals surface area contributed by atoms with Gasteiger partial charge in [0.25, 0.3) is 5.91 Å². The zero-order chi connectivity index (χ0) is 17.2. The summed E-state index contributed by atoms with van der Waals surface area (Å²) in [5.41, 5.74) is -1.23. The van der Waals surface area contributed by atoms with Gasteiger partial charge in [0.15, 0.2) is 5.76 Å². The number of carbonyl (C=O) groups is 1. The molecule has 3 aromatic rings. The maximum absolute atomic E-state index is 12.9. The van der Waals surface area contributed by atoms with Crippen LogP contribution in [-0.4, -0.2) is 15.7 Å². The molecule has 0 aliphatic heterocycles. The van der Waals surface area contributed by atoms with Gasteiger partial charge in [0.2, 0.25) is 0 Å². The summed E-state index contributed by atoms with van der Waals surface area (Å²) >= 11 is 0. The van der Waals surface area contributed by atoms with Crippen molar-refractivity contribution in [3.8, 4) is 0 Å². The average molecular weight is 335 g/mol. The summed E-state index contributed by atoms with van der Waals surface area (Å²) in [7, 11) is 0. The first kappa shape index (κ1) is 15.9. The number of rotatable bonds is 4. The summed E-state index contributed by atoms with van der Waals surface area (Å²) in [6, 6.07) is 9.49. The molecule has 1 N–H and O–H groups in total. The zero-order valence-electron chi connectivity index (χ0n) is 12.2. The van der Waals surface area contributed by atoms with E-state index in [-0.39, 0.29) is 11.4 Å². The fourth-order valence-corrected chi connectivity index (χ4v) is 2.16. The van der Waals surface area contributed by atoms with Crippen LogP contribution in [0.4, 0.5) is 18.9 Å². The van der Waals surface area contributed by atoms with Gasteiger partial charge >= 0.3 is 6.18 Å². The van der Waals surface area contributed by atoms with E-state index < -0.39 is 17.6 Å². The highest BCUT2D eigenvalue weighted by Crippen LogP contribution is 2.34. The lowest BCUT2D eigenvalue weighted by atomic mass is 10.1. The Labute approximate surface area is 134 Å². The van der Waals surface area contributed by atoms with E-state index in [9.17, 15) is 18.0 Å². The second-order valence-electron chi connectivity index (χ2n) is 4.97. The minimum absolute atomic E-state index is 0.0749. The largest absolute Gasteiger partial charge is 0.454 e. The van der Waals surface area contributed by atoms with Crippen LogP contribution in [0.15, 0.2) is 59.3 Å². The smallest absolute Gasteiger partial charge is 0.418 e. The second kappa shape index (κ2) is 6.23. The van der Waals surface area contributed by atoms with Crippen molar-refractivity contribution in [2.24, 2.45) is 0 Å². The molecule has 2 heterocycles. The molecular formula is C16H12F3N3O2. The van der Waals surface area contributed by atoms with E-state index in [1.54, 1.807) is 29.2 Å². The average Bonchev–Trinajstić information content (AvgIpc) is 3.19. The van der Waals surface area contributed by atoms with E-state index in [2.05, 4.69) is 10.4 Å². The van der Waals surface area contributed by atoms with Crippen molar-refractivity contribution in [2.75, 3.05) is 5.32 Å². The number of para-hydroxylation sites is 1. The number of furan rings is 1. The highest BCUT2D eigenvalue weighted by atomic mass is 19.4. The number of nitrogens with one attached hydrogen (secondary N) is 1. The SMILES string of the molecule is O=C(Nc1ccccc1C(F)(F)F)c1ccc(Cn2cccn2)o1. The van der Waals surface area contributed by atoms with Gasteiger partial charge in [-0.2, -0.15) is 18.3 Å². The molecule has 0 radical (unpaired) electrons. The summed E-state index contributed by atoms with van der Waals surface area (Å²) < 4.78 is 45.8. The Kier molecular flexibility index (Phi) is 4.11. The molecule has 24 heavy (non-hydrogen) atoms. The van der Waals surface area contributed by atoms with Crippen molar-refractivity contribution in [3.05, 3.63) is 71.9 Å². The molecule has 0 saturated carbocycles. The third-order valence-corrected chi connectivity index (χ3v) is 3.24. The highest BCUT2D eigenvalue weighted by molar-refractivity contribution is 6.02. The standard InChI is InChI=1S/C16H12F3N3O2/c17-16(18,19)12-4-1-2-5-13(12)21-15(23)14-7-6-11(24-14)10-22-9-3-8-20-22/h1-9H,10H2,(H,21,23). The lowest BCUT2D eigenvalue weighted by Gasteiger charge is -2.12. The van der Waals surface area contributed by atoms with Crippen LogP contribution in [0.25, 0.3) is 0 Å². The monoisotopic (exact) mass is 335 g/mol. The molecule has 0 fully saturated rings. The molecule has 0 spiro atoms. The van der Waals surface area contributed by atoms with Crippen LogP contribution in [0.3, 0.4) is 0 Å². The first-order valence-corrected chi connectivity index (χ1v) is 6.97. The Morgan fingerprint density at radius 3 is 2.67 bits per heavy atom. The van der Waals surface area contributed by atoms with Crippen LogP contribution < -0.4 is 5.32 Å². The highest BCUT2D eigenvalue weighted by Gasteiger charge is 2.33. The van der Waals surface area contributed by atoms with Gasteiger partial charge in [-0.25, -0.2) is 0 Å². The normalized spacial score (nSPS) is 11.5. The molecule has 0 atom stereocenters. The Bertz CT molecular complexity index is 838. The van der Waals surface area contributed by atoms with E-state index in [0.29, 0.717) is 12.3 Å². The van der Waals surface area contributed by atoms with Crippen molar-refractivity contribution < 1.29 is 22.4 Å². The number of anilines is 1. The number of carbonyl (C=O) groups excluding carboxylic acids is 1. The number of benzene rings is 1. The van der Waals surface area contributed by atoms with E-state index in [4.69, 9.17) is 4.42 Å². The van der Waals surface area contributed by atoms with Gasteiger partial charge in [0.1, 0.15) is 5.76 Å². The van der Waals surface area contributed by atoms with E-state index in [1.165, 1.54) is 24.3 Å². The maximum Gasteiger partial charge on any atom is 0.418 e. The number of alkyl halides is 3. The van der Waals surface area contributed by atoms with Crippen molar-refractivity contribution in [1.82, 2.24) is 9.78 Å². The van der Waals surface area contributed by atoms with Crippen molar-refractivity contribution in [3.63, 3.8) is 0 Å². The predicted molar refractivity (Wildman–Crippen MR) is 79.4 cm³/mol. The fraction of sp³-hybridized carbons (Fsp3) is 0.125. The predicted octanol–water partition coefficient (Wildman–Crippen LogP) is 3.80. The first-order chi connectivity index (χ1) is 11.4. The number of amides is 1. The van der Waals surface area contributed by atoms with Crippen LogP contribution in [0.2, 0.25) is 0 Å². The van der Waals surface area contributed by atoms with Crippen molar-refractivity contribution >= 4 is 11.6 Å². The van der Waals surface area contributed by atoms with Gasteiger partial charge in [0.05, 0.1) is 17.8 Å². The number of hydrogen-bond donors (Lipinski definition) is 1. The zero-order valence-corrected chi connectivity index (χ0v) is 12.2. The maximum atomic E-state index is 12.9. The molecule has 0 unspecified atom stereocenters. The Morgan fingerprint density at radius 2 is 1.96 bits per heavy atom. The summed E-state index contributed by atoms with van der Waals surface area (Å²) in [6.07, 6.45) is -1.23. The van der Waals surface area contributed by atoms with Gasteiger partial charge in [-0.1, -0.05) is 12.1 Å². The molecule has 0 bridgehead atoms. The Morgan fingerprint density at radius 1 is 1.17 bits per heavy atom. The van der Waals surface area contributed by atoms with Crippen molar-refractivity contribution in [2.45, 2.75) is 12.7 Å². The summed E-state index contributed by atoms with van der Waals surface area (Å²) in [5.74, 6) is -0.361. The van der Waals surface area contributed by atoms with Crippen LogP contribution >= 0.6 is 0 Å². The summed E-state index contributed by atoms with van der Waals surface area (Å²) in [4.78, 5) is 12.1. The van der Waals surface area contributed by atoms with Crippen LogP contribution in [0.5, 0.6) is 0 Å². The van der Waals surface area contributed by atoms with E-state index in [0.717, 1.165) is 6.07 Å². The minimum atomic E-state index is -4.56. The Hall–Kier alpha value is -3.03. The molecule has 2 aromatic heterocycles. The van der Waals surface area contributed by atoms with E-state index >= 15 is 0 Å². The van der Waals surface area contributed by atoms with Gasteiger partial charge in [0, 0.05) is 12.4 Å². The lowest BCUT2D eigenvalue weighted by molar-refractivity contribution is -0.136. The number of aromatic nitrogens is 2. The van der Waals surface area contributed by atoms with Gasteiger partial charge in [-0.15, -0.1) is 0 Å². The quantitative estimate of drug-likeness (QED) is 0.789. The topological polar surface area (TPSA) is 60.1 Å². The number of halogens is 3. The van der Waals surface area contributed by atoms with Crippen LogP contribution in [0, 0.1) is 0 Å². The molecule has 8 heteroatoms. The number of hydrogen-bond acceptors (Lipinski definition) is 3. The second-order valence-corrected chi connectivity index (χ2v) is 4.97. The summed E-state index contributed by atoms with van der Waals surface area (Å²) in [6.45, 7) is 0.319. The molecule has 0 saturated heterocycles. The first-order valence-electron chi connectivity index (χ1n) is 6.97. The molecular weight excluding hydrogens is 323 g/mol.